The van der Waals surface area contributed by atoms with Crippen molar-refractivity contribution >= 4 is 11.6 Å². The van der Waals surface area contributed by atoms with Crippen molar-refractivity contribution < 1.29 is 4.92 Å². The predicted molar refractivity (Wildman–Crippen MR) is 74.5 cm³/mol. The minimum Gasteiger partial charge on any atom is -0.360 e. The molecule has 0 fully saturated rings. The first kappa shape index (κ1) is 14.0. The fourth-order valence-corrected chi connectivity index (χ4v) is 2.13. The average Bonchev–Trinajstić information content (AvgIpc) is 2.89. The van der Waals surface area contributed by atoms with Crippen LogP contribution in [0.1, 0.15) is 24.0 Å². The number of rotatable bonds is 5. The van der Waals surface area contributed by atoms with Gasteiger partial charge in [0.2, 0.25) is 11.6 Å². The highest BCUT2D eigenvalue weighted by molar-refractivity contribution is 5.53. The van der Waals surface area contributed by atoms with E-state index in [0.29, 0.717) is 18.2 Å². The van der Waals surface area contributed by atoms with E-state index in [9.17, 15) is 10.1 Å². The number of imidazole rings is 1. The Labute approximate surface area is 116 Å². The zero-order valence-corrected chi connectivity index (χ0v) is 12.0. The second-order valence-electron chi connectivity index (χ2n) is 4.63. The van der Waals surface area contributed by atoms with E-state index in [0.717, 1.165) is 17.7 Å². The van der Waals surface area contributed by atoms with Gasteiger partial charge < -0.3 is 15.4 Å². The van der Waals surface area contributed by atoms with Gasteiger partial charge >= 0.3 is 5.82 Å². The highest BCUT2D eigenvalue weighted by Gasteiger charge is 2.23. The maximum atomic E-state index is 11.0. The van der Waals surface area contributed by atoms with Gasteiger partial charge in [0.05, 0.1) is 5.69 Å². The van der Waals surface area contributed by atoms with Crippen LogP contribution in [0.2, 0.25) is 0 Å². The van der Waals surface area contributed by atoms with Crippen LogP contribution in [0.4, 0.5) is 11.6 Å². The van der Waals surface area contributed by atoms with Gasteiger partial charge in [-0.15, -0.1) is 0 Å². The van der Waals surface area contributed by atoms with Gasteiger partial charge in [0, 0.05) is 39.3 Å². The highest BCUT2D eigenvalue weighted by atomic mass is 16.6. The fourth-order valence-electron chi connectivity index (χ4n) is 2.13. The molecule has 2 aromatic heterocycles. The van der Waals surface area contributed by atoms with E-state index < -0.39 is 4.92 Å². The SMILES string of the molecule is CCc1nn(C)cc1CNc1c([N+](=O)[O-])nc(C)n1C. The topological polar surface area (TPSA) is 90.8 Å². The molecule has 0 radical (unpaired) electrons. The van der Waals surface area contributed by atoms with E-state index in [-0.39, 0.29) is 5.82 Å². The van der Waals surface area contributed by atoms with Crippen molar-refractivity contribution in [1.29, 1.82) is 0 Å². The summed E-state index contributed by atoms with van der Waals surface area (Å²) in [5.74, 6) is 0.867. The number of aromatic nitrogens is 4. The Morgan fingerprint density at radius 1 is 1.45 bits per heavy atom. The average molecular weight is 278 g/mol. The van der Waals surface area contributed by atoms with E-state index in [1.54, 1.807) is 23.2 Å². The molecule has 8 heteroatoms. The molecule has 0 bridgehead atoms. The van der Waals surface area contributed by atoms with Crippen molar-refractivity contribution in [2.24, 2.45) is 14.1 Å². The first-order valence-corrected chi connectivity index (χ1v) is 6.37. The minimum absolute atomic E-state index is 0.146. The molecule has 0 saturated heterocycles. The summed E-state index contributed by atoms with van der Waals surface area (Å²) < 4.78 is 3.43. The number of nitrogens with zero attached hydrogens (tertiary/aromatic N) is 5. The zero-order valence-electron chi connectivity index (χ0n) is 12.0. The van der Waals surface area contributed by atoms with Crippen molar-refractivity contribution in [3.63, 3.8) is 0 Å². The summed E-state index contributed by atoms with van der Waals surface area (Å²) in [5.41, 5.74) is 2.02. The molecule has 0 aromatic carbocycles. The Morgan fingerprint density at radius 3 is 2.75 bits per heavy atom. The third-order valence-corrected chi connectivity index (χ3v) is 3.25. The molecule has 2 heterocycles. The second-order valence-corrected chi connectivity index (χ2v) is 4.63. The van der Waals surface area contributed by atoms with Gasteiger partial charge in [-0.05, 0) is 16.3 Å². The Hall–Kier alpha value is -2.38. The van der Waals surface area contributed by atoms with Crippen molar-refractivity contribution in [3.8, 4) is 0 Å². The third-order valence-electron chi connectivity index (χ3n) is 3.25. The third kappa shape index (κ3) is 2.49. The molecule has 0 saturated carbocycles. The lowest BCUT2D eigenvalue weighted by Crippen LogP contribution is -2.07. The number of hydrogen-bond donors (Lipinski definition) is 1. The van der Waals surface area contributed by atoms with Crippen molar-refractivity contribution in [1.82, 2.24) is 19.3 Å². The van der Waals surface area contributed by atoms with Crippen LogP contribution in [0, 0.1) is 17.0 Å². The van der Waals surface area contributed by atoms with Crippen LogP contribution in [-0.4, -0.2) is 24.3 Å². The Kier molecular flexibility index (Phi) is 3.73. The van der Waals surface area contributed by atoms with Gasteiger partial charge in [0.15, 0.2) is 0 Å². The van der Waals surface area contributed by atoms with E-state index in [1.165, 1.54) is 0 Å². The van der Waals surface area contributed by atoms with Crippen LogP contribution in [0.25, 0.3) is 0 Å². The lowest BCUT2D eigenvalue weighted by atomic mass is 10.2. The van der Waals surface area contributed by atoms with Crippen molar-refractivity contribution in [2.45, 2.75) is 26.8 Å². The maximum absolute atomic E-state index is 11.0. The molecule has 0 atom stereocenters. The Balaban J connectivity index is 2.24. The van der Waals surface area contributed by atoms with Crippen LogP contribution in [0.5, 0.6) is 0 Å². The van der Waals surface area contributed by atoms with Crippen LogP contribution in [0.3, 0.4) is 0 Å². The summed E-state index contributed by atoms with van der Waals surface area (Å²) in [4.78, 5) is 14.5. The summed E-state index contributed by atoms with van der Waals surface area (Å²) in [6.07, 6.45) is 2.74. The quantitative estimate of drug-likeness (QED) is 0.661. The van der Waals surface area contributed by atoms with Gasteiger partial charge in [0.25, 0.3) is 0 Å². The van der Waals surface area contributed by atoms with E-state index in [2.05, 4.69) is 15.4 Å². The number of anilines is 1. The first-order valence-electron chi connectivity index (χ1n) is 6.37. The highest BCUT2D eigenvalue weighted by Crippen LogP contribution is 2.24. The van der Waals surface area contributed by atoms with E-state index in [4.69, 9.17) is 0 Å². The summed E-state index contributed by atoms with van der Waals surface area (Å²) in [6.45, 7) is 4.25. The molecular formula is C12H18N6O2. The smallest absolute Gasteiger partial charge is 0.360 e. The number of nitrogens with one attached hydrogen (secondary N) is 1. The molecule has 0 unspecified atom stereocenters. The lowest BCUT2D eigenvalue weighted by molar-refractivity contribution is -0.388. The molecule has 0 aliphatic carbocycles. The predicted octanol–water partition coefficient (Wildman–Crippen LogP) is 1.54. The van der Waals surface area contributed by atoms with Gasteiger partial charge in [-0.2, -0.15) is 5.10 Å². The molecule has 0 aliphatic rings. The van der Waals surface area contributed by atoms with Crippen molar-refractivity contribution in [2.75, 3.05) is 5.32 Å². The van der Waals surface area contributed by atoms with Gasteiger partial charge in [0.1, 0.15) is 0 Å². The second kappa shape index (κ2) is 5.32. The molecular weight excluding hydrogens is 260 g/mol. The van der Waals surface area contributed by atoms with Gasteiger partial charge in [-0.25, -0.2) is 0 Å². The summed E-state index contributed by atoms with van der Waals surface area (Å²) in [5, 5.41) is 18.4. The zero-order chi connectivity index (χ0) is 14.9. The number of aryl methyl sites for hydroxylation is 3. The Bertz CT molecular complexity index is 643. The van der Waals surface area contributed by atoms with Crippen LogP contribution in [-0.2, 0) is 27.1 Å². The maximum Gasteiger partial charge on any atom is 0.406 e. The molecule has 0 spiro atoms. The Morgan fingerprint density at radius 2 is 2.15 bits per heavy atom. The molecule has 20 heavy (non-hydrogen) atoms. The monoisotopic (exact) mass is 278 g/mol. The molecule has 0 amide bonds. The molecule has 2 aromatic rings. The van der Waals surface area contributed by atoms with E-state index in [1.807, 2.05) is 20.2 Å². The van der Waals surface area contributed by atoms with Crippen LogP contribution >= 0.6 is 0 Å². The normalized spacial score (nSPS) is 10.8. The summed E-state index contributed by atoms with van der Waals surface area (Å²) >= 11 is 0. The molecule has 108 valence electrons. The van der Waals surface area contributed by atoms with Crippen molar-refractivity contribution in [3.05, 3.63) is 33.4 Å². The summed E-state index contributed by atoms with van der Waals surface area (Å²) in [6, 6.07) is 0. The molecule has 0 aliphatic heterocycles. The number of nitro groups is 1. The number of hydrogen-bond acceptors (Lipinski definition) is 5. The molecule has 2 rings (SSSR count). The molecule has 1 N–H and O–H groups in total. The standard InChI is InChI=1S/C12H18N6O2/c1-5-10-9(7-16(3)15-10)6-13-11-12(18(19)20)14-8(2)17(11)4/h7,13H,5-6H2,1-4H3. The minimum atomic E-state index is -0.473. The van der Waals surface area contributed by atoms with Gasteiger partial charge in [-0.3, -0.25) is 9.25 Å². The lowest BCUT2D eigenvalue weighted by Gasteiger charge is -2.06. The van der Waals surface area contributed by atoms with Gasteiger partial charge in [-0.1, -0.05) is 6.92 Å². The largest absolute Gasteiger partial charge is 0.406 e. The van der Waals surface area contributed by atoms with E-state index >= 15 is 0 Å². The first-order chi connectivity index (χ1) is 9.43. The van der Waals surface area contributed by atoms with Crippen LogP contribution in [0.15, 0.2) is 6.20 Å². The summed E-state index contributed by atoms with van der Waals surface area (Å²) in [7, 11) is 3.61. The molecule has 8 nitrogen and oxygen atoms in total. The van der Waals surface area contributed by atoms with Crippen LogP contribution < -0.4 is 5.32 Å². The fraction of sp³-hybridized carbons (Fsp3) is 0.500.